The smallest absolute Gasteiger partial charge is 0.0355 e. The van der Waals surface area contributed by atoms with Crippen LogP contribution in [0.15, 0.2) is 149 Å². The van der Waals surface area contributed by atoms with E-state index in [4.69, 9.17) is 0 Å². The van der Waals surface area contributed by atoms with E-state index < -0.39 is 0 Å². The lowest BCUT2D eigenvalue weighted by molar-refractivity contribution is 0.643. The molecule has 8 aromatic rings. The van der Waals surface area contributed by atoms with Gasteiger partial charge < -0.3 is 0 Å². The van der Waals surface area contributed by atoms with Crippen LogP contribution in [0.4, 0.5) is 0 Å². The fourth-order valence-electron chi connectivity index (χ4n) is 10.4. The van der Waals surface area contributed by atoms with E-state index in [1.165, 1.54) is 113 Å². The lowest BCUT2D eigenvalue weighted by Gasteiger charge is -2.37. The molecule has 0 nitrogen and oxygen atoms in total. The highest BCUT2D eigenvalue weighted by atomic mass is 32.2. The van der Waals surface area contributed by atoms with Crippen molar-refractivity contribution in [2.24, 2.45) is 0 Å². The average molecular weight is 727 g/mol. The molecule has 0 radical (unpaired) electrons. The topological polar surface area (TPSA) is 0 Å². The molecule has 3 aliphatic carbocycles. The summed E-state index contributed by atoms with van der Waals surface area (Å²) in [6.45, 7) is 9.75. The van der Waals surface area contributed by atoms with Crippen molar-refractivity contribution in [2.75, 3.05) is 0 Å². The lowest BCUT2D eigenvalue weighted by Crippen LogP contribution is -2.24. The Balaban J connectivity index is 0.989. The molecule has 1 unspecified atom stereocenters. The van der Waals surface area contributed by atoms with Gasteiger partial charge in [0.25, 0.3) is 0 Å². The molecule has 1 atom stereocenters. The molecule has 12 rings (SSSR count). The molecule has 0 saturated heterocycles. The minimum absolute atomic E-state index is 0.136. The van der Waals surface area contributed by atoms with Gasteiger partial charge in [-0.15, -0.1) is 11.3 Å². The number of allylic oxidation sites excluding steroid dienone is 4. The van der Waals surface area contributed by atoms with E-state index in [1.807, 2.05) is 23.1 Å². The van der Waals surface area contributed by atoms with Gasteiger partial charge in [0.1, 0.15) is 0 Å². The molecule has 0 saturated carbocycles. The Bertz CT molecular complexity index is 3050. The number of thioether (sulfide) groups is 1. The Morgan fingerprint density at radius 3 is 2.15 bits per heavy atom. The van der Waals surface area contributed by atoms with Crippen LogP contribution in [-0.4, -0.2) is 0 Å². The molecular weight excluding hydrogens is 689 g/mol. The molecule has 0 amide bonds. The second kappa shape index (κ2) is 10.7. The Morgan fingerprint density at radius 1 is 0.519 bits per heavy atom. The number of fused-ring (bicyclic) bond motifs is 12. The highest BCUT2D eigenvalue weighted by Crippen LogP contribution is 2.59. The van der Waals surface area contributed by atoms with Gasteiger partial charge in [-0.25, -0.2) is 0 Å². The first-order chi connectivity index (χ1) is 26.3. The van der Waals surface area contributed by atoms with Gasteiger partial charge in [-0.1, -0.05) is 137 Å². The molecule has 1 aromatic heterocycles. The number of benzene rings is 7. The molecule has 2 heterocycles. The van der Waals surface area contributed by atoms with E-state index in [0.29, 0.717) is 5.92 Å². The minimum atomic E-state index is -0.139. The molecule has 0 fully saturated rings. The molecule has 7 aromatic carbocycles. The third-order valence-electron chi connectivity index (χ3n) is 13.3. The fourth-order valence-corrected chi connectivity index (χ4v) is 12.7. The summed E-state index contributed by atoms with van der Waals surface area (Å²) in [5.41, 5.74) is 17.9. The summed E-state index contributed by atoms with van der Waals surface area (Å²) in [5.74, 6) is 0.468. The molecule has 0 spiro atoms. The monoisotopic (exact) mass is 726 g/mol. The summed E-state index contributed by atoms with van der Waals surface area (Å²) in [7, 11) is 0. The quantitative estimate of drug-likeness (QED) is 0.171. The lowest BCUT2D eigenvalue weighted by atomic mass is 9.66. The zero-order chi connectivity index (χ0) is 36.1. The van der Waals surface area contributed by atoms with Crippen molar-refractivity contribution in [3.63, 3.8) is 0 Å². The van der Waals surface area contributed by atoms with Gasteiger partial charge in [0.05, 0.1) is 0 Å². The van der Waals surface area contributed by atoms with E-state index in [2.05, 4.69) is 167 Å². The van der Waals surface area contributed by atoms with E-state index in [1.54, 1.807) is 0 Å². The van der Waals surface area contributed by atoms with Gasteiger partial charge in [0, 0.05) is 41.8 Å². The average Bonchev–Trinajstić information content (AvgIpc) is 3.83. The number of rotatable bonds is 2. The van der Waals surface area contributed by atoms with Crippen molar-refractivity contribution < 1.29 is 0 Å². The highest BCUT2D eigenvalue weighted by Gasteiger charge is 2.41. The molecule has 1 aliphatic heterocycles. The normalized spacial score (nSPS) is 18.2. The van der Waals surface area contributed by atoms with Gasteiger partial charge in [-0.2, -0.15) is 0 Å². The molecule has 2 heteroatoms. The molecule has 4 aliphatic rings. The van der Waals surface area contributed by atoms with Gasteiger partial charge in [-0.3, -0.25) is 0 Å². The van der Waals surface area contributed by atoms with Crippen LogP contribution in [0.1, 0.15) is 73.4 Å². The van der Waals surface area contributed by atoms with Crippen LogP contribution < -0.4 is 0 Å². The molecule has 0 bridgehead atoms. The Kier molecular flexibility index (Phi) is 6.22. The predicted molar refractivity (Wildman–Crippen MR) is 233 cm³/mol. The zero-order valence-corrected chi connectivity index (χ0v) is 32.5. The second-order valence-electron chi connectivity index (χ2n) is 16.8. The molecule has 0 N–H and O–H groups in total. The van der Waals surface area contributed by atoms with Crippen LogP contribution in [0.3, 0.4) is 0 Å². The SMILES string of the molecule is CC1(C)c2cc(-c3ccc4sc5ccccc5c4c3)ccc2-c2c1cc1c3c(cccc23)C(C)(C)c2cc(C3=CC=C4Sc5ccccc5C4C3)ccc2-1. The highest BCUT2D eigenvalue weighted by molar-refractivity contribution is 8.03. The number of hydrogen-bond donors (Lipinski definition) is 0. The van der Waals surface area contributed by atoms with Crippen molar-refractivity contribution in [3.05, 3.63) is 178 Å². The molecule has 258 valence electrons. The molecular formula is C52H38S2. The van der Waals surface area contributed by atoms with Crippen molar-refractivity contribution >= 4 is 59.6 Å². The Hall–Kier alpha value is -5.15. The van der Waals surface area contributed by atoms with Crippen molar-refractivity contribution in [2.45, 2.75) is 55.8 Å². The van der Waals surface area contributed by atoms with Crippen LogP contribution >= 0.6 is 23.1 Å². The second-order valence-corrected chi connectivity index (χ2v) is 19.0. The largest absolute Gasteiger partial charge is 0.135 e. The van der Waals surface area contributed by atoms with Gasteiger partial charge in [-0.05, 0) is 137 Å². The van der Waals surface area contributed by atoms with Crippen molar-refractivity contribution in [1.82, 2.24) is 0 Å². The van der Waals surface area contributed by atoms with Crippen LogP contribution in [0.5, 0.6) is 0 Å². The third kappa shape index (κ3) is 4.11. The molecule has 54 heavy (non-hydrogen) atoms. The number of hydrogen-bond acceptors (Lipinski definition) is 2. The van der Waals surface area contributed by atoms with Crippen LogP contribution in [0.25, 0.3) is 69.9 Å². The maximum absolute atomic E-state index is 2.57. The van der Waals surface area contributed by atoms with E-state index in [0.717, 1.165) is 6.42 Å². The van der Waals surface area contributed by atoms with Crippen LogP contribution in [0, 0.1) is 0 Å². The third-order valence-corrected chi connectivity index (χ3v) is 15.7. The zero-order valence-electron chi connectivity index (χ0n) is 30.9. The van der Waals surface area contributed by atoms with Crippen LogP contribution in [-0.2, 0) is 10.8 Å². The predicted octanol–water partition coefficient (Wildman–Crippen LogP) is 15.0. The summed E-state index contributed by atoms with van der Waals surface area (Å²) in [4.78, 5) is 2.91. The van der Waals surface area contributed by atoms with Gasteiger partial charge in [0.15, 0.2) is 0 Å². The van der Waals surface area contributed by atoms with Gasteiger partial charge in [0.2, 0.25) is 0 Å². The van der Waals surface area contributed by atoms with Crippen molar-refractivity contribution in [1.29, 1.82) is 0 Å². The first-order valence-corrected chi connectivity index (χ1v) is 20.9. The van der Waals surface area contributed by atoms with E-state index in [-0.39, 0.29) is 10.8 Å². The summed E-state index contributed by atoms with van der Waals surface area (Å²) < 4.78 is 2.71. The summed E-state index contributed by atoms with van der Waals surface area (Å²) in [6, 6.07) is 49.1. The Labute approximate surface area is 324 Å². The maximum atomic E-state index is 2.57. The van der Waals surface area contributed by atoms with Crippen molar-refractivity contribution in [3.8, 4) is 33.4 Å². The summed E-state index contributed by atoms with van der Waals surface area (Å²) in [5, 5.41) is 5.52. The Morgan fingerprint density at radius 2 is 1.22 bits per heavy atom. The fraction of sp³-hybridized carbons (Fsp3) is 0.154. The van der Waals surface area contributed by atoms with E-state index in [9.17, 15) is 0 Å². The first-order valence-electron chi connectivity index (χ1n) is 19.3. The van der Waals surface area contributed by atoms with E-state index >= 15 is 0 Å². The standard InChI is InChI=1S/C52H38S2/c1-51(2)41-13-9-12-37-49-36-21-17-32(30-19-23-48-39(25-30)35-11-6-8-15-46(35)54-48)27-43(36)52(3,4)44(49)28-40(50(37)41)33-20-16-31(26-42(33)51)29-18-22-47-38(24-29)34-10-5-7-14-45(34)53-47/h5-23,25-28,38H,24H2,1-4H3. The summed E-state index contributed by atoms with van der Waals surface area (Å²) in [6.07, 6.45) is 5.82. The number of thiophene rings is 1. The maximum Gasteiger partial charge on any atom is 0.0355 e. The summed E-state index contributed by atoms with van der Waals surface area (Å²) >= 11 is 3.84. The first kappa shape index (κ1) is 31.2. The minimum Gasteiger partial charge on any atom is -0.135 e. The van der Waals surface area contributed by atoms with Crippen LogP contribution in [0.2, 0.25) is 0 Å². The van der Waals surface area contributed by atoms with Gasteiger partial charge >= 0.3 is 0 Å².